The molecule has 1 aromatic carbocycles. The van der Waals surface area contributed by atoms with Gasteiger partial charge in [0.25, 0.3) is 0 Å². The summed E-state index contributed by atoms with van der Waals surface area (Å²) in [7, 11) is 0. The fourth-order valence-corrected chi connectivity index (χ4v) is 1.16. The van der Waals surface area contributed by atoms with E-state index in [-0.39, 0.29) is 16.8 Å². The molecule has 0 spiro atoms. The fraction of sp³-hybridized carbons (Fsp3) is 0.182. The minimum Gasteiger partial charge on any atom is -0.398 e. The first kappa shape index (κ1) is 12.3. The number of Topliss-reactive ketones (excluding diaryl/α,β-unsaturated/α-hetero) is 1. The van der Waals surface area contributed by atoms with E-state index in [1.54, 1.807) is 0 Å². The van der Waals surface area contributed by atoms with Crippen LogP contribution in [0, 0.1) is 0 Å². The summed E-state index contributed by atoms with van der Waals surface area (Å²) in [5, 5.41) is 0. The zero-order chi connectivity index (χ0) is 12.5. The number of nitrogen functional groups attached to an aromatic ring is 1. The van der Waals surface area contributed by atoms with Crippen LogP contribution in [-0.2, 0) is 6.18 Å². The summed E-state index contributed by atoms with van der Waals surface area (Å²) in [6.45, 7) is 4.80. The van der Waals surface area contributed by atoms with Crippen molar-refractivity contribution in [3.8, 4) is 0 Å². The van der Waals surface area contributed by atoms with Crippen molar-refractivity contribution >= 4 is 11.5 Å². The molecule has 0 saturated carbocycles. The number of allylic oxidation sites excluding steroid dienone is 1. The molecule has 2 nitrogen and oxygen atoms in total. The van der Waals surface area contributed by atoms with Gasteiger partial charge in [0.15, 0.2) is 5.78 Å². The lowest BCUT2D eigenvalue weighted by Crippen LogP contribution is -2.10. The molecule has 16 heavy (non-hydrogen) atoms. The Bertz CT molecular complexity index is 449. The summed E-state index contributed by atoms with van der Waals surface area (Å²) in [4.78, 5) is 11.5. The van der Waals surface area contributed by atoms with Crippen molar-refractivity contribution in [1.29, 1.82) is 0 Å². The summed E-state index contributed by atoms with van der Waals surface area (Å²) in [6.07, 6.45) is -4.49. The molecule has 0 aliphatic heterocycles. The first-order valence-electron chi connectivity index (χ1n) is 4.40. The van der Waals surface area contributed by atoms with Crippen molar-refractivity contribution in [2.75, 3.05) is 5.73 Å². The van der Waals surface area contributed by atoms with Gasteiger partial charge in [-0.2, -0.15) is 13.2 Å². The molecule has 5 heteroatoms. The Hall–Kier alpha value is -1.78. The van der Waals surface area contributed by atoms with E-state index in [1.807, 2.05) is 0 Å². The van der Waals surface area contributed by atoms with Crippen molar-refractivity contribution in [3.63, 3.8) is 0 Å². The third-order valence-electron chi connectivity index (χ3n) is 2.01. The highest BCUT2D eigenvalue weighted by Gasteiger charge is 2.31. The van der Waals surface area contributed by atoms with Gasteiger partial charge in [-0.3, -0.25) is 4.79 Å². The summed E-state index contributed by atoms with van der Waals surface area (Å²) in [5.41, 5.74) is 4.54. The maximum absolute atomic E-state index is 12.4. The van der Waals surface area contributed by atoms with E-state index < -0.39 is 17.5 Å². The van der Waals surface area contributed by atoms with Gasteiger partial charge in [-0.1, -0.05) is 6.58 Å². The minimum atomic E-state index is -4.49. The van der Waals surface area contributed by atoms with Gasteiger partial charge in [0, 0.05) is 11.3 Å². The van der Waals surface area contributed by atoms with E-state index in [0.717, 1.165) is 18.2 Å². The lowest BCUT2D eigenvalue weighted by Gasteiger charge is -2.10. The molecule has 0 fully saturated rings. The third kappa shape index (κ3) is 2.42. The van der Waals surface area contributed by atoms with Crippen molar-refractivity contribution in [2.24, 2.45) is 0 Å². The molecule has 0 radical (unpaired) electrons. The van der Waals surface area contributed by atoms with Crippen LogP contribution in [0.1, 0.15) is 22.8 Å². The Morgan fingerprint density at radius 2 is 1.94 bits per heavy atom. The zero-order valence-corrected chi connectivity index (χ0v) is 8.56. The number of alkyl halides is 3. The molecule has 0 aliphatic carbocycles. The molecule has 0 atom stereocenters. The van der Waals surface area contributed by atoms with Crippen LogP contribution < -0.4 is 5.73 Å². The Morgan fingerprint density at radius 3 is 2.38 bits per heavy atom. The van der Waals surface area contributed by atoms with Gasteiger partial charge in [0.1, 0.15) is 0 Å². The largest absolute Gasteiger partial charge is 0.416 e. The first-order chi connectivity index (χ1) is 7.23. The monoisotopic (exact) mass is 229 g/mol. The number of hydrogen-bond acceptors (Lipinski definition) is 2. The molecule has 86 valence electrons. The molecule has 0 aliphatic rings. The van der Waals surface area contributed by atoms with E-state index >= 15 is 0 Å². The van der Waals surface area contributed by atoms with Crippen molar-refractivity contribution in [1.82, 2.24) is 0 Å². The van der Waals surface area contributed by atoms with E-state index in [4.69, 9.17) is 5.73 Å². The average Bonchev–Trinajstić information content (AvgIpc) is 2.15. The number of carbonyl (C=O) groups excluding carboxylic acids is 1. The number of ketones is 1. The molecule has 0 heterocycles. The van der Waals surface area contributed by atoms with Gasteiger partial charge >= 0.3 is 6.18 Å². The highest BCUT2D eigenvalue weighted by atomic mass is 19.4. The lowest BCUT2D eigenvalue weighted by atomic mass is 10.0. The van der Waals surface area contributed by atoms with Crippen LogP contribution in [0.3, 0.4) is 0 Å². The first-order valence-corrected chi connectivity index (χ1v) is 4.40. The fourth-order valence-electron chi connectivity index (χ4n) is 1.16. The number of anilines is 1. The Labute approximate surface area is 90.6 Å². The molecule has 2 N–H and O–H groups in total. The van der Waals surface area contributed by atoms with Crippen LogP contribution in [0.25, 0.3) is 0 Å². The molecular formula is C11H10F3NO. The summed E-state index contributed by atoms with van der Waals surface area (Å²) in [6, 6.07) is 2.65. The summed E-state index contributed by atoms with van der Waals surface area (Å²) < 4.78 is 37.2. The predicted molar refractivity (Wildman–Crippen MR) is 55.0 cm³/mol. The van der Waals surface area contributed by atoms with Gasteiger partial charge in [0.2, 0.25) is 0 Å². The molecule has 1 rings (SSSR count). The normalized spacial score (nSPS) is 11.2. The van der Waals surface area contributed by atoms with Crippen LogP contribution in [-0.4, -0.2) is 5.78 Å². The van der Waals surface area contributed by atoms with Crippen LogP contribution in [0.2, 0.25) is 0 Å². The highest BCUT2D eigenvalue weighted by Crippen LogP contribution is 2.31. The summed E-state index contributed by atoms with van der Waals surface area (Å²) in [5.74, 6) is -0.580. The van der Waals surface area contributed by atoms with Crippen LogP contribution in [0.4, 0.5) is 18.9 Å². The predicted octanol–water partition coefficient (Wildman–Crippen LogP) is 3.05. The number of benzene rings is 1. The van der Waals surface area contributed by atoms with Crippen molar-refractivity contribution in [2.45, 2.75) is 13.1 Å². The van der Waals surface area contributed by atoms with Gasteiger partial charge in [-0.15, -0.1) is 0 Å². The molecule has 0 aromatic heterocycles. The van der Waals surface area contributed by atoms with E-state index in [1.165, 1.54) is 6.92 Å². The number of rotatable bonds is 2. The van der Waals surface area contributed by atoms with Crippen LogP contribution >= 0.6 is 0 Å². The molecule has 0 amide bonds. The Morgan fingerprint density at radius 1 is 1.38 bits per heavy atom. The second-order valence-electron chi connectivity index (χ2n) is 3.41. The average molecular weight is 229 g/mol. The molecule has 0 saturated heterocycles. The third-order valence-corrected chi connectivity index (χ3v) is 2.01. The number of hydrogen-bond donors (Lipinski definition) is 1. The van der Waals surface area contributed by atoms with Crippen molar-refractivity contribution in [3.05, 3.63) is 41.5 Å². The zero-order valence-electron chi connectivity index (χ0n) is 8.56. The van der Waals surface area contributed by atoms with Gasteiger partial charge in [-0.05, 0) is 30.7 Å². The Kier molecular flexibility index (Phi) is 3.07. The smallest absolute Gasteiger partial charge is 0.398 e. The van der Waals surface area contributed by atoms with Gasteiger partial charge in [0.05, 0.1) is 5.56 Å². The molecule has 0 unspecified atom stereocenters. The van der Waals surface area contributed by atoms with E-state index in [0.29, 0.717) is 0 Å². The number of nitrogens with two attached hydrogens (primary N) is 1. The topological polar surface area (TPSA) is 43.1 Å². The maximum Gasteiger partial charge on any atom is 0.416 e. The van der Waals surface area contributed by atoms with Gasteiger partial charge in [-0.25, -0.2) is 0 Å². The number of halogens is 3. The lowest BCUT2D eigenvalue weighted by molar-refractivity contribution is -0.137. The maximum atomic E-state index is 12.4. The highest BCUT2D eigenvalue weighted by molar-refractivity contribution is 6.11. The molecular weight excluding hydrogens is 219 g/mol. The van der Waals surface area contributed by atoms with Crippen molar-refractivity contribution < 1.29 is 18.0 Å². The number of carbonyl (C=O) groups is 1. The van der Waals surface area contributed by atoms with Crippen LogP contribution in [0.15, 0.2) is 30.4 Å². The SMILES string of the molecule is C=C(C)C(=O)c1cc(C(F)(F)F)ccc1N. The second kappa shape index (κ2) is 4.00. The molecule has 1 aromatic rings. The molecule has 0 bridgehead atoms. The minimum absolute atomic E-state index is 0.0148. The summed E-state index contributed by atoms with van der Waals surface area (Å²) >= 11 is 0. The van der Waals surface area contributed by atoms with Gasteiger partial charge < -0.3 is 5.73 Å². The van der Waals surface area contributed by atoms with E-state index in [9.17, 15) is 18.0 Å². The van der Waals surface area contributed by atoms with E-state index in [2.05, 4.69) is 6.58 Å². The standard InChI is InChI=1S/C11H10F3NO/c1-6(2)10(16)8-5-7(11(12,13)14)3-4-9(8)15/h3-5H,1,15H2,2H3. The second-order valence-corrected chi connectivity index (χ2v) is 3.41. The Balaban J connectivity index is 3.30. The van der Waals surface area contributed by atoms with Crippen LogP contribution in [0.5, 0.6) is 0 Å². The quantitative estimate of drug-likeness (QED) is 0.481.